The highest BCUT2D eigenvalue weighted by atomic mass is 79.9. The molecule has 1 aromatic heterocycles. The molecule has 1 heterocycles. The third-order valence-corrected chi connectivity index (χ3v) is 6.88. The lowest BCUT2D eigenvalue weighted by Gasteiger charge is -2.28. The first-order valence-electron chi connectivity index (χ1n) is 5.89. The lowest BCUT2D eigenvalue weighted by molar-refractivity contribution is 0.380. The Morgan fingerprint density at radius 2 is 2.18 bits per heavy atom. The molecule has 17 heavy (non-hydrogen) atoms. The van der Waals surface area contributed by atoms with Crippen molar-refractivity contribution in [1.29, 1.82) is 0 Å². The van der Waals surface area contributed by atoms with Gasteiger partial charge in [0.25, 0.3) is 0 Å². The topological polar surface area (TPSA) is 12.0 Å². The average Bonchev–Trinajstić information content (AvgIpc) is 2.67. The van der Waals surface area contributed by atoms with Gasteiger partial charge < -0.3 is 5.32 Å². The Bertz CT molecular complexity index is 342. The van der Waals surface area contributed by atoms with Gasteiger partial charge in [-0.15, -0.1) is 11.3 Å². The second-order valence-electron chi connectivity index (χ2n) is 4.42. The van der Waals surface area contributed by atoms with Crippen molar-refractivity contribution in [2.45, 2.75) is 43.5 Å². The van der Waals surface area contributed by atoms with Gasteiger partial charge >= 0.3 is 0 Å². The number of halogens is 2. The first kappa shape index (κ1) is 14.2. The van der Waals surface area contributed by atoms with Gasteiger partial charge in [-0.25, -0.2) is 0 Å². The van der Waals surface area contributed by atoms with E-state index in [1.54, 1.807) is 11.3 Å². The quantitative estimate of drug-likeness (QED) is 0.823. The van der Waals surface area contributed by atoms with Crippen LogP contribution in [0.3, 0.4) is 0 Å². The van der Waals surface area contributed by atoms with E-state index in [1.165, 1.54) is 30.6 Å². The molecule has 1 aliphatic carbocycles. The van der Waals surface area contributed by atoms with Gasteiger partial charge in [-0.3, -0.25) is 0 Å². The fraction of sp³-hybridized carbons (Fsp3) is 0.667. The molecule has 0 saturated heterocycles. The second kappa shape index (κ2) is 6.80. The summed E-state index contributed by atoms with van der Waals surface area (Å²) in [7, 11) is 0. The first-order valence-corrected chi connectivity index (χ1v) is 9.16. The minimum atomic E-state index is 0.693. The average molecular weight is 355 g/mol. The third-order valence-electron chi connectivity index (χ3n) is 3.27. The monoisotopic (exact) mass is 353 g/mol. The SMILES string of the molecule is CSC1CCC(NCc2cc(Br)c(Cl)s2)CC1. The number of thiophene rings is 1. The van der Waals surface area contributed by atoms with E-state index in [-0.39, 0.29) is 0 Å². The Labute approximate surface area is 125 Å². The van der Waals surface area contributed by atoms with Gasteiger partial charge in [0.2, 0.25) is 0 Å². The van der Waals surface area contributed by atoms with Gasteiger partial charge in [-0.05, 0) is 53.9 Å². The molecule has 1 fully saturated rings. The lowest BCUT2D eigenvalue weighted by atomic mass is 9.95. The molecule has 0 unspecified atom stereocenters. The van der Waals surface area contributed by atoms with E-state index in [1.807, 2.05) is 11.8 Å². The van der Waals surface area contributed by atoms with Crippen LogP contribution in [0.4, 0.5) is 0 Å². The standard InChI is InChI=1S/C12H17BrClNS2/c1-16-9-4-2-8(3-5-9)15-7-10-6-11(13)12(14)17-10/h6,8-9,15H,2-5,7H2,1H3. The van der Waals surface area contributed by atoms with E-state index < -0.39 is 0 Å². The maximum atomic E-state index is 6.03. The molecule has 0 aromatic carbocycles. The van der Waals surface area contributed by atoms with E-state index in [0.717, 1.165) is 20.6 Å². The molecule has 1 aliphatic rings. The fourth-order valence-corrected chi connectivity index (χ4v) is 4.71. The van der Waals surface area contributed by atoms with Crippen molar-refractivity contribution in [3.8, 4) is 0 Å². The van der Waals surface area contributed by atoms with Crippen LogP contribution in [0.15, 0.2) is 10.5 Å². The largest absolute Gasteiger partial charge is 0.309 e. The highest BCUT2D eigenvalue weighted by molar-refractivity contribution is 9.10. The van der Waals surface area contributed by atoms with Gasteiger partial charge in [0.05, 0.1) is 0 Å². The Kier molecular flexibility index (Phi) is 5.68. The summed E-state index contributed by atoms with van der Waals surface area (Å²) in [4.78, 5) is 1.31. The van der Waals surface area contributed by atoms with Gasteiger partial charge in [-0.1, -0.05) is 11.6 Å². The lowest BCUT2D eigenvalue weighted by Crippen LogP contribution is -2.33. The van der Waals surface area contributed by atoms with Crippen molar-refractivity contribution in [2.24, 2.45) is 0 Å². The molecule has 96 valence electrons. The number of hydrogen-bond donors (Lipinski definition) is 1. The summed E-state index contributed by atoms with van der Waals surface area (Å²) < 4.78 is 1.87. The third kappa shape index (κ3) is 4.13. The minimum absolute atomic E-state index is 0.693. The molecule has 0 amide bonds. The van der Waals surface area contributed by atoms with Crippen molar-refractivity contribution >= 4 is 50.6 Å². The molecular formula is C12H17BrClNS2. The second-order valence-corrected chi connectivity index (χ2v) is 8.16. The van der Waals surface area contributed by atoms with E-state index >= 15 is 0 Å². The first-order chi connectivity index (χ1) is 8.19. The summed E-state index contributed by atoms with van der Waals surface area (Å²) >= 11 is 13.2. The summed E-state index contributed by atoms with van der Waals surface area (Å²) in [5.41, 5.74) is 0. The Morgan fingerprint density at radius 3 is 2.71 bits per heavy atom. The van der Waals surface area contributed by atoms with Crippen LogP contribution < -0.4 is 5.32 Å². The van der Waals surface area contributed by atoms with Crippen LogP contribution >= 0.6 is 50.6 Å². The molecule has 0 radical (unpaired) electrons. The van der Waals surface area contributed by atoms with Gasteiger partial charge in [0, 0.05) is 27.2 Å². The maximum absolute atomic E-state index is 6.03. The molecule has 0 atom stereocenters. The number of hydrogen-bond acceptors (Lipinski definition) is 3. The summed E-state index contributed by atoms with van der Waals surface area (Å²) in [6.45, 7) is 0.949. The zero-order valence-corrected chi connectivity index (χ0v) is 13.8. The van der Waals surface area contributed by atoms with Crippen molar-refractivity contribution in [3.05, 3.63) is 19.8 Å². The smallest absolute Gasteiger partial charge is 0.107 e. The molecule has 0 spiro atoms. The molecule has 1 saturated carbocycles. The zero-order valence-electron chi connectivity index (χ0n) is 9.84. The molecule has 1 nitrogen and oxygen atoms in total. The number of rotatable bonds is 4. The summed E-state index contributed by atoms with van der Waals surface area (Å²) in [5.74, 6) is 0. The maximum Gasteiger partial charge on any atom is 0.107 e. The van der Waals surface area contributed by atoms with Crippen LogP contribution in [0.25, 0.3) is 0 Å². The summed E-state index contributed by atoms with van der Waals surface area (Å²) in [6, 6.07) is 2.81. The van der Waals surface area contributed by atoms with Crippen molar-refractivity contribution in [2.75, 3.05) is 6.26 Å². The minimum Gasteiger partial charge on any atom is -0.309 e. The molecule has 2 rings (SSSR count). The van der Waals surface area contributed by atoms with Crippen LogP contribution in [0.2, 0.25) is 4.34 Å². The molecule has 1 N–H and O–H groups in total. The van der Waals surface area contributed by atoms with E-state index in [4.69, 9.17) is 11.6 Å². The Balaban J connectivity index is 1.75. The van der Waals surface area contributed by atoms with Crippen LogP contribution in [0.1, 0.15) is 30.6 Å². The van der Waals surface area contributed by atoms with Crippen molar-refractivity contribution in [1.82, 2.24) is 5.32 Å². The fourth-order valence-electron chi connectivity index (χ4n) is 2.23. The van der Waals surface area contributed by atoms with Crippen molar-refractivity contribution in [3.63, 3.8) is 0 Å². The highest BCUT2D eigenvalue weighted by Crippen LogP contribution is 2.32. The molecule has 0 aliphatic heterocycles. The van der Waals surface area contributed by atoms with Crippen molar-refractivity contribution < 1.29 is 0 Å². The van der Waals surface area contributed by atoms with Crippen LogP contribution in [-0.2, 0) is 6.54 Å². The predicted octanol–water partition coefficient (Wildman–Crippen LogP) is 4.93. The molecule has 1 aromatic rings. The van der Waals surface area contributed by atoms with Gasteiger partial charge in [0.15, 0.2) is 0 Å². The van der Waals surface area contributed by atoms with E-state index in [2.05, 4.69) is 33.6 Å². The van der Waals surface area contributed by atoms with E-state index in [9.17, 15) is 0 Å². The number of thioether (sulfide) groups is 1. The Hall–Kier alpha value is 0.780. The van der Waals surface area contributed by atoms with Crippen LogP contribution in [0.5, 0.6) is 0 Å². The van der Waals surface area contributed by atoms with Gasteiger partial charge in [0.1, 0.15) is 4.34 Å². The molecular weight excluding hydrogens is 338 g/mol. The summed E-state index contributed by atoms with van der Waals surface area (Å²) in [6.07, 6.45) is 7.56. The van der Waals surface area contributed by atoms with Gasteiger partial charge in [-0.2, -0.15) is 11.8 Å². The van der Waals surface area contributed by atoms with Crippen LogP contribution in [-0.4, -0.2) is 17.5 Å². The number of nitrogens with one attached hydrogen (secondary N) is 1. The normalized spacial score (nSPS) is 25.1. The van der Waals surface area contributed by atoms with Crippen LogP contribution in [0, 0.1) is 0 Å². The molecule has 5 heteroatoms. The van der Waals surface area contributed by atoms with E-state index in [0.29, 0.717) is 6.04 Å². The Morgan fingerprint density at radius 1 is 1.47 bits per heavy atom. The summed E-state index contributed by atoms with van der Waals surface area (Å²) in [5, 5.41) is 4.53. The zero-order chi connectivity index (χ0) is 12.3. The highest BCUT2D eigenvalue weighted by Gasteiger charge is 2.20. The molecule has 0 bridgehead atoms. The predicted molar refractivity (Wildman–Crippen MR) is 83.4 cm³/mol.